The van der Waals surface area contributed by atoms with E-state index < -0.39 is 0 Å². The Hall–Kier alpha value is -1.43. The molecule has 0 unspecified atom stereocenters. The summed E-state index contributed by atoms with van der Waals surface area (Å²) >= 11 is 3.35. The number of halogens is 1. The number of rotatable bonds is 1. The summed E-state index contributed by atoms with van der Waals surface area (Å²) in [5.74, 6) is 1.83. The zero-order chi connectivity index (χ0) is 12.6. The van der Waals surface area contributed by atoms with Crippen LogP contribution in [0.15, 0.2) is 22.9 Å². The molecule has 2 aromatic heterocycles. The molecule has 0 aliphatic carbocycles. The molecule has 0 atom stereocenters. The van der Waals surface area contributed by atoms with Crippen LogP contribution >= 0.6 is 15.9 Å². The van der Waals surface area contributed by atoms with E-state index in [0.717, 1.165) is 4.47 Å². The van der Waals surface area contributed by atoms with Crippen molar-refractivity contribution in [2.75, 3.05) is 5.73 Å². The van der Waals surface area contributed by atoms with Gasteiger partial charge in [0.15, 0.2) is 5.82 Å². The number of hydrogen-bond acceptors (Lipinski definition) is 4. The van der Waals surface area contributed by atoms with Gasteiger partial charge in [-0.2, -0.15) is 5.10 Å². The van der Waals surface area contributed by atoms with Crippen molar-refractivity contribution in [1.29, 1.82) is 0 Å². The van der Waals surface area contributed by atoms with Crippen molar-refractivity contribution < 1.29 is 0 Å². The highest BCUT2D eigenvalue weighted by atomic mass is 79.9. The van der Waals surface area contributed by atoms with E-state index in [9.17, 15) is 0 Å². The largest absolute Gasteiger partial charge is 0.384 e. The van der Waals surface area contributed by atoms with Crippen LogP contribution in [0.25, 0.3) is 5.82 Å². The van der Waals surface area contributed by atoms with Gasteiger partial charge in [-0.05, 0) is 15.9 Å². The Balaban J connectivity index is 2.52. The summed E-state index contributed by atoms with van der Waals surface area (Å²) in [6, 6.07) is 1.70. The Labute approximate surface area is 108 Å². The van der Waals surface area contributed by atoms with Gasteiger partial charge in [0.25, 0.3) is 0 Å². The molecule has 0 saturated heterocycles. The number of anilines is 1. The molecule has 0 aliphatic rings. The highest BCUT2D eigenvalue weighted by Gasteiger charge is 2.19. The summed E-state index contributed by atoms with van der Waals surface area (Å²) < 4.78 is 2.56. The minimum absolute atomic E-state index is 0.144. The lowest BCUT2D eigenvalue weighted by Crippen LogP contribution is -2.18. The van der Waals surface area contributed by atoms with Crippen LogP contribution in [0.1, 0.15) is 26.6 Å². The van der Waals surface area contributed by atoms with E-state index >= 15 is 0 Å². The average Bonchev–Trinajstić information content (AvgIpc) is 2.62. The molecule has 2 heterocycles. The van der Waals surface area contributed by atoms with Gasteiger partial charge < -0.3 is 5.73 Å². The van der Waals surface area contributed by atoms with Gasteiger partial charge in [0, 0.05) is 17.7 Å². The first-order chi connectivity index (χ1) is 7.86. The maximum Gasteiger partial charge on any atom is 0.159 e. The molecule has 0 radical (unpaired) electrons. The Bertz CT molecular complexity index is 541. The highest BCUT2D eigenvalue weighted by molar-refractivity contribution is 9.10. The number of nitrogens with two attached hydrogens (primary N) is 1. The van der Waals surface area contributed by atoms with Crippen LogP contribution in [-0.4, -0.2) is 19.7 Å². The second kappa shape index (κ2) is 4.10. The Morgan fingerprint density at radius 1 is 1.29 bits per heavy atom. The maximum absolute atomic E-state index is 5.80. The molecule has 2 N–H and O–H groups in total. The fourth-order valence-electron chi connectivity index (χ4n) is 1.33. The van der Waals surface area contributed by atoms with Gasteiger partial charge in [-0.1, -0.05) is 20.8 Å². The summed E-state index contributed by atoms with van der Waals surface area (Å²) in [7, 11) is 0. The van der Waals surface area contributed by atoms with E-state index in [4.69, 9.17) is 5.73 Å². The van der Waals surface area contributed by atoms with E-state index in [1.54, 1.807) is 16.9 Å². The zero-order valence-corrected chi connectivity index (χ0v) is 11.6. The third-order valence-corrected chi connectivity index (χ3v) is 2.60. The van der Waals surface area contributed by atoms with Gasteiger partial charge in [-0.3, -0.25) is 0 Å². The molecule has 0 spiro atoms. The quantitative estimate of drug-likeness (QED) is 0.876. The molecule has 0 amide bonds. The van der Waals surface area contributed by atoms with E-state index in [0.29, 0.717) is 17.5 Å². The predicted octanol–water partition coefficient (Wildman–Crippen LogP) is 2.30. The van der Waals surface area contributed by atoms with Crippen molar-refractivity contribution in [2.24, 2.45) is 0 Å². The minimum Gasteiger partial charge on any atom is -0.384 e. The van der Waals surface area contributed by atoms with Gasteiger partial charge in [-0.15, -0.1) is 0 Å². The summed E-state index contributed by atoms with van der Waals surface area (Å²) in [5.41, 5.74) is 5.65. The third kappa shape index (κ3) is 2.63. The van der Waals surface area contributed by atoms with Crippen LogP contribution in [0.5, 0.6) is 0 Å². The molecule has 0 aromatic carbocycles. The molecule has 0 bridgehead atoms. The third-order valence-electron chi connectivity index (χ3n) is 2.19. The Kier molecular flexibility index (Phi) is 2.91. The van der Waals surface area contributed by atoms with Crippen LogP contribution < -0.4 is 5.73 Å². The number of aromatic nitrogens is 4. The van der Waals surface area contributed by atoms with Crippen LogP contribution in [0.4, 0.5) is 5.82 Å². The van der Waals surface area contributed by atoms with Gasteiger partial charge >= 0.3 is 0 Å². The normalized spacial score (nSPS) is 11.8. The number of nitrogen functional groups attached to an aromatic ring is 1. The first-order valence-corrected chi connectivity index (χ1v) is 6.01. The SMILES string of the molecule is CC(C)(C)c1nc(N)cc(-n2cc(Br)cn2)n1. The molecule has 0 fully saturated rings. The summed E-state index contributed by atoms with van der Waals surface area (Å²) in [6.45, 7) is 6.14. The van der Waals surface area contributed by atoms with E-state index in [1.165, 1.54) is 0 Å². The average molecular weight is 296 g/mol. The fraction of sp³-hybridized carbons (Fsp3) is 0.364. The first-order valence-electron chi connectivity index (χ1n) is 5.22. The lowest BCUT2D eigenvalue weighted by atomic mass is 9.96. The molecule has 0 saturated carbocycles. The molecule has 6 heteroatoms. The maximum atomic E-state index is 5.80. The molecular formula is C11H14BrN5. The molecule has 2 aromatic rings. The first kappa shape index (κ1) is 12.0. The van der Waals surface area contributed by atoms with Crippen LogP contribution in [0.2, 0.25) is 0 Å². The van der Waals surface area contributed by atoms with Crippen molar-refractivity contribution in [3.05, 3.63) is 28.8 Å². The van der Waals surface area contributed by atoms with Gasteiger partial charge in [0.05, 0.1) is 10.7 Å². The smallest absolute Gasteiger partial charge is 0.159 e. The molecule has 5 nitrogen and oxygen atoms in total. The van der Waals surface area contributed by atoms with Gasteiger partial charge in [0.1, 0.15) is 11.6 Å². The summed E-state index contributed by atoms with van der Waals surface area (Å²) in [6.07, 6.45) is 3.53. The Morgan fingerprint density at radius 3 is 2.53 bits per heavy atom. The molecule has 0 aliphatic heterocycles. The van der Waals surface area contributed by atoms with Gasteiger partial charge in [-0.25, -0.2) is 14.6 Å². The fourth-order valence-corrected chi connectivity index (χ4v) is 1.62. The topological polar surface area (TPSA) is 69.6 Å². The lowest BCUT2D eigenvalue weighted by Gasteiger charge is -2.17. The minimum atomic E-state index is -0.144. The molecule has 90 valence electrons. The predicted molar refractivity (Wildman–Crippen MR) is 70.0 cm³/mol. The monoisotopic (exact) mass is 295 g/mol. The van der Waals surface area contributed by atoms with Crippen molar-refractivity contribution in [1.82, 2.24) is 19.7 Å². The molecule has 2 rings (SSSR count). The van der Waals surface area contributed by atoms with Crippen LogP contribution in [-0.2, 0) is 5.41 Å². The van der Waals surface area contributed by atoms with Crippen molar-refractivity contribution in [3.8, 4) is 5.82 Å². The lowest BCUT2D eigenvalue weighted by molar-refractivity contribution is 0.543. The van der Waals surface area contributed by atoms with Crippen LogP contribution in [0.3, 0.4) is 0 Å². The van der Waals surface area contributed by atoms with Crippen molar-refractivity contribution in [2.45, 2.75) is 26.2 Å². The van der Waals surface area contributed by atoms with Crippen LogP contribution in [0, 0.1) is 0 Å². The van der Waals surface area contributed by atoms with Crippen molar-refractivity contribution in [3.63, 3.8) is 0 Å². The molecular weight excluding hydrogens is 282 g/mol. The second-order valence-corrected chi connectivity index (χ2v) is 5.74. The zero-order valence-electron chi connectivity index (χ0n) is 9.98. The van der Waals surface area contributed by atoms with E-state index in [1.807, 2.05) is 27.0 Å². The van der Waals surface area contributed by atoms with Gasteiger partial charge in [0.2, 0.25) is 0 Å². The Morgan fingerprint density at radius 2 is 2.00 bits per heavy atom. The van der Waals surface area contributed by atoms with Crippen molar-refractivity contribution >= 4 is 21.7 Å². The summed E-state index contributed by atoms with van der Waals surface area (Å²) in [5, 5.41) is 4.17. The molecule has 17 heavy (non-hydrogen) atoms. The van der Waals surface area contributed by atoms with E-state index in [-0.39, 0.29) is 5.41 Å². The second-order valence-electron chi connectivity index (χ2n) is 4.83. The van der Waals surface area contributed by atoms with E-state index in [2.05, 4.69) is 31.0 Å². The number of hydrogen-bond donors (Lipinski definition) is 1. The highest BCUT2D eigenvalue weighted by Crippen LogP contribution is 2.21. The number of nitrogens with zero attached hydrogens (tertiary/aromatic N) is 4. The summed E-state index contributed by atoms with van der Waals surface area (Å²) in [4.78, 5) is 8.73. The standard InChI is InChI=1S/C11H14BrN5/c1-11(2,3)10-15-8(13)4-9(16-10)17-6-7(12)5-14-17/h4-6H,1-3H3,(H2,13,15,16).